The van der Waals surface area contributed by atoms with Gasteiger partial charge in [-0.25, -0.2) is 4.83 Å². The van der Waals surface area contributed by atoms with Crippen LogP contribution in [-0.2, 0) is 10.0 Å². The molecule has 0 amide bonds. The molecule has 21 heavy (non-hydrogen) atoms. The SMILES string of the molecule is CC(C)c1ccc(S(=O)(=O)N/N=C2\CC3CCC2C3)cc1. The Morgan fingerprint density at radius 1 is 1.19 bits per heavy atom. The molecule has 0 radical (unpaired) electrons. The maximum absolute atomic E-state index is 12.3. The van der Waals surface area contributed by atoms with E-state index in [9.17, 15) is 8.42 Å². The topological polar surface area (TPSA) is 58.5 Å². The average molecular weight is 306 g/mol. The van der Waals surface area contributed by atoms with Gasteiger partial charge in [0.05, 0.1) is 4.90 Å². The molecule has 0 aromatic heterocycles. The number of rotatable bonds is 4. The molecule has 5 heteroatoms. The van der Waals surface area contributed by atoms with Gasteiger partial charge in [-0.2, -0.15) is 13.5 Å². The number of fused-ring (bicyclic) bond motifs is 2. The minimum Gasteiger partial charge on any atom is -0.200 e. The van der Waals surface area contributed by atoms with E-state index < -0.39 is 10.0 Å². The first kappa shape index (κ1) is 14.6. The quantitative estimate of drug-likeness (QED) is 0.868. The lowest BCUT2D eigenvalue weighted by Crippen LogP contribution is -2.22. The van der Waals surface area contributed by atoms with E-state index in [1.807, 2.05) is 12.1 Å². The maximum atomic E-state index is 12.3. The third kappa shape index (κ3) is 2.98. The second-order valence-electron chi connectivity index (χ2n) is 6.50. The van der Waals surface area contributed by atoms with Gasteiger partial charge < -0.3 is 0 Å². The van der Waals surface area contributed by atoms with Gasteiger partial charge in [-0.3, -0.25) is 0 Å². The summed E-state index contributed by atoms with van der Waals surface area (Å²) in [4.78, 5) is 2.69. The van der Waals surface area contributed by atoms with Crippen LogP contribution in [0.2, 0.25) is 0 Å². The number of sulfonamides is 1. The second-order valence-corrected chi connectivity index (χ2v) is 8.16. The van der Waals surface area contributed by atoms with Crippen molar-refractivity contribution in [2.45, 2.75) is 50.3 Å². The largest absolute Gasteiger partial charge is 0.276 e. The predicted molar refractivity (Wildman–Crippen MR) is 83.7 cm³/mol. The van der Waals surface area contributed by atoms with Gasteiger partial charge in [0.2, 0.25) is 0 Å². The lowest BCUT2D eigenvalue weighted by Gasteiger charge is -2.12. The van der Waals surface area contributed by atoms with Gasteiger partial charge in [-0.1, -0.05) is 26.0 Å². The third-order valence-electron chi connectivity index (χ3n) is 4.68. The van der Waals surface area contributed by atoms with Crippen LogP contribution in [0, 0.1) is 11.8 Å². The zero-order chi connectivity index (χ0) is 15.0. The zero-order valence-corrected chi connectivity index (χ0v) is 13.4. The van der Waals surface area contributed by atoms with E-state index in [4.69, 9.17) is 0 Å². The summed E-state index contributed by atoms with van der Waals surface area (Å²) in [6.45, 7) is 4.17. The van der Waals surface area contributed by atoms with Gasteiger partial charge in [-0.05, 0) is 61.1 Å². The molecule has 2 bridgehead atoms. The van der Waals surface area contributed by atoms with Crippen molar-refractivity contribution in [1.29, 1.82) is 0 Å². The standard InChI is InChI=1S/C16H22N2O2S/c1-11(2)13-5-7-15(8-6-13)21(19,20)18-17-16-10-12-3-4-14(16)9-12/h5-8,11-12,14,18H,3-4,9-10H2,1-2H3/b17-16+. The van der Waals surface area contributed by atoms with Crippen LogP contribution < -0.4 is 4.83 Å². The molecule has 114 valence electrons. The maximum Gasteiger partial charge on any atom is 0.276 e. The molecule has 1 aromatic carbocycles. The second kappa shape index (κ2) is 5.44. The Kier molecular flexibility index (Phi) is 3.78. The lowest BCUT2D eigenvalue weighted by molar-refractivity contribution is 0.579. The lowest BCUT2D eigenvalue weighted by atomic mass is 9.99. The molecule has 2 aliphatic carbocycles. The fourth-order valence-electron chi connectivity index (χ4n) is 3.37. The molecule has 0 spiro atoms. The van der Waals surface area contributed by atoms with Crippen LogP contribution in [0.25, 0.3) is 0 Å². The van der Waals surface area contributed by atoms with Gasteiger partial charge >= 0.3 is 0 Å². The van der Waals surface area contributed by atoms with Crippen LogP contribution in [0.1, 0.15) is 51.0 Å². The highest BCUT2D eigenvalue weighted by Crippen LogP contribution is 2.42. The summed E-state index contributed by atoms with van der Waals surface area (Å²) in [5, 5.41) is 4.19. The van der Waals surface area contributed by atoms with Crippen molar-refractivity contribution in [3.05, 3.63) is 29.8 Å². The van der Waals surface area contributed by atoms with Crippen LogP contribution in [-0.4, -0.2) is 14.1 Å². The fraction of sp³-hybridized carbons (Fsp3) is 0.562. The van der Waals surface area contributed by atoms with Gasteiger partial charge in [0.1, 0.15) is 0 Å². The molecular formula is C16H22N2O2S. The van der Waals surface area contributed by atoms with Crippen LogP contribution in [0.3, 0.4) is 0 Å². The Bertz CT molecular complexity index is 647. The molecule has 4 nitrogen and oxygen atoms in total. The van der Waals surface area contributed by atoms with Crippen molar-refractivity contribution in [2.24, 2.45) is 16.9 Å². The number of hydrazone groups is 1. The fourth-order valence-corrected chi connectivity index (χ4v) is 4.20. The van der Waals surface area contributed by atoms with Crippen LogP contribution in [0.5, 0.6) is 0 Å². The predicted octanol–water partition coefficient (Wildman–Crippen LogP) is 3.26. The molecule has 2 aliphatic rings. The van der Waals surface area contributed by atoms with E-state index in [1.165, 1.54) is 12.8 Å². The first-order valence-corrected chi connectivity index (χ1v) is 9.12. The molecule has 0 aliphatic heterocycles. The molecule has 0 saturated heterocycles. The van der Waals surface area contributed by atoms with E-state index in [2.05, 4.69) is 23.8 Å². The zero-order valence-electron chi connectivity index (χ0n) is 12.5. The monoisotopic (exact) mass is 306 g/mol. The van der Waals surface area contributed by atoms with E-state index in [-0.39, 0.29) is 4.90 Å². The van der Waals surface area contributed by atoms with Crippen molar-refractivity contribution < 1.29 is 8.42 Å². The highest BCUT2D eigenvalue weighted by Gasteiger charge is 2.36. The van der Waals surface area contributed by atoms with Crippen molar-refractivity contribution in [1.82, 2.24) is 4.83 Å². The first-order valence-electron chi connectivity index (χ1n) is 7.64. The van der Waals surface area contributed by atoms with Crippen LogP contribution in [0.4, 0.5) is 0 Å². The van der Waals surface area contributed by atoms with Crippen molar-refractivity contribution in [3.63, 3.8) is 0 Å². The Morgan fingerprint density at radius 3 is 2.43 bits per heavy atom. The van der Waals surface area contributed by atoms with Crippen LogP contribution >= 0.6 is 0 Å². The average Bonchev–Trinajstić information content (AvgIpc) is 3.08. The van der Waals surface area contributed by atoms with Gasteiger partial charge in [-0.15, -0.1) is 0 Å². The van der Waals surface area contributed by atoms with Gasteiger partial charge in [0.15, 0.2) is 0 Å². The molecule has 1 aromatic rings. The van der Waals surface area contributed by atoms with Crippen molar-refractivity contribution in [3.8, 4) is 0 Å². The van der Waals surface area contributed by atoms with E-state index in [0.717, 1.165) is 30.0 Å². The Morgan fingerprint density at radius 2 is 1.90 bits per heavy atom. The summed E-state index contributed by atoms with van der Waals surface area (Å²) in [6, 6.07) is 7.03. The molecule has 3 rings (SSSR count). The van der Waals surface area contributed by atoms with Gasteiger partial charge in [0.25, 0.3) is 10.0 Å². The normalized spacial score (nSPS) is 26.7. The highest BCUT2D eigenvalue weighted by atomic mass is 32.2. The number of hydrogen-bond donors (Lipinski definition) is 1. The Hall–Kier alpha value is -1.36. The van der Waals surface area contributed by atoms with E-state index in [1.54, 1.807) is 12.1 Å². The summed E-state index contributed by atoms with van der Waals surface area (Å²) >= 11 is 0. The number of hydrogen-bond acceptors (Lipinski definition) is 3. The van der Waals surface area contributed by atoms with Gasteiger partial charge in [0, 0.05) is 5.71 Å². The molecule has 2 saturated carbocycles. The number of nitrogens with one attached hydrogen (secondary N) is 1. The number of benzene rings is 1. The minimum absolute atomic E-state index is 0.277. The smallest absolute Gasteiger partial charge is 0.200 e. The van der Waals surface area contributed by atoms with Crippen molar-refractivity contribution >= 4 is 15.7 Å². The minimum atomic E-state index is -3.54. The highest BCUT2D eigenvalue weighted by molar-refractivity contribution is 7.89. The molecule has 2 unspecified atom stereocenters. The summed E-state index contributed by atoms with van der Waals surface area (Å²) in [5.74, 6) is 1.62. The Balaban J connectivity index is 1.73. The molecule has 2 atom stereocenters. The van der Waals surface area contributed by atoms with Crippen molar-refractivity contribution in [2.75, 3.05) is 0 Å². The first-order chi connectivity index (χ1) is 9.95. The summed E-state index contributed by atoms with van der Waals surface area (Å²) in [7, 11) is -3.54. The van der Waals surface area contributed by atoms with E-state index >= 15 is 0 Å². The third-order valence-corrected chi connectivity index (χ3v) is 5.90. The molecule has 2 fully saturated rings. The molecule has 1 N–H and O–H groups in total. The molecule has 0 heterocycles. The summed E-state index contributed by atoms with van der Waals surface area (Å²) < 4.78 is 24.5. The van der Waals surface area contributed by atoms with E-state index in [0.29, 0.717) is 11.8 Å². The number of nitrogens with zero attached hydrogens (tertiary/aromatic N) is 1. The summed E-state index contributed by atoms with van der Waals surface area (Å²) in [6.07, 6.45) is 4.57. The Labute approximate surface area is 126 Å². The van der Waals surface area contributed by atoms with Crippen LogP contribution in [0.15, 0.2) is 34.3 Å². The summed E-state index contributed by atoms with van der Waals surface area (Å²) in [5.41, 5.74) is 2.17. The molecular weight excluding hydrogens is 284 g/mol.